The molecule has 0 radical (unpaired) electrons. The third kappa shape index (κ3) is 5.08. The minimum atomic E-state index is -3.60. The van der Waals surface area contributed by atoms with Crippen molar-refractivity contribution in [2.24, 2.45) is 11.3 Å². The molecular weight excluding hydrogens is 268 g/mol. The van der Waals surface area contributed by atoms with Crippen LogP contribution in [0.2, 0.25) is 0 Å². The predicted octanol–water partition coefficient (Wildman–Crippen LogP) is 1.05. The van der Waals surface area contributed by atoms with Crippen LogP contribution >= 0.6 is 0 Å². The Labute approximate surface area is 115 Å². The van der Waals surface area contributed by atoms with Crippen molar-refractivity contribution in [3.8, 4) is 0 Å². The third-order valence-corrected chi connectivity index (χ3v) is 4.54. The van der Waals surface area contributed by atoms with Crippen molar-refractivity contribution in [3.63, 3.8) is 0 Å². The van der Waals surface area contributed by atoms with Gasteiger partial charge in [0.05, 0.1) is 5.41 Å². The van der Waals surface area contributed by atoms with Crippen LogP contribution in [0.3, 0.4) is 0 Å². The molecular formula is C12H24N2O4S. The molecule has 0 aliphatic heterocycles. The molecule has 1 rings (SSSR count). The van der Waals surface area contributed by atoms with E-state index in [-0.39, 0.29) is 18.5 Å². The van der Waals surface area contributed by atoms with Crippen LogP contribution in [0.25, 0.3) is 0 Å². The number of carbonyl (C=O) groups is 1. The summed E-state index contributed by atoms with van der Waals surface area (Å²) < 4.78 is 28.3. The van der Waals surface area contributed by atoms with Gasteiger partial charge in [-0.25, -0.2) is 0 Å². The van der Waals surface area contributed by atoms with E-state index in [1.807, 2.05) is 13.8 Å². The summed E-state index contributed by atoms with van der Waals surface area (Å²) in [6.45, 7) is 7.19. The van der Waals surface area contributed by atoms with Gasteiger partial charge >= 0.3 is 5.97 Å². The number of nitrogens with one attached hydrogen (secondary N) is 1. The molecule has 0 atom stereocenters. The maximum absolute atomic E-state index is 12.2. The number of rotatable bonds is 8. The van der Waals surface area contributed by atoms with Crippen molar-refractivity contribution in [3.05, 3.63) is 0 Å². The Morgan fingerprint density at radius 2 is 1.95 bits per heavy atom. The number of nitrogens with zero attached hydrogens (tertiary/aromatic N) is 1. The fourth-order valence-electron chi connectivity index (χ4n) is 1.65. The van der Waals surface area contributed by atoms with Crippen LogP contribution in [0.1, 0.15) is 40.5 Å². The Balaban J connectivity index is 2.84. The van der Waals surface area contributed by atoms with E-state index in [0.29, 0.717) is 6.54 Å². The van der Waals surface area contributed by atoms with Gasteiger partial charge < -0.3 is 5.11 Å². The summed E-state index contributed by atoms with van der Waals surface area (Å²) in [5.41, 5.74) is -1.10. The van der Waals surface area contributed by atoms with E-state index in [2.05, 4.69) is 4.72 Å². The molecule has 0 aromatic rings. The highest BCUT2D eigenvalue weighted by Crippen LogP contribution is 2.24. The first-order chi connectivity index (χ1) is 8.54. The first-order valence-corrected chi connectivity index (χ1v) is 7.99. The Kier molecular flexibility index (Phi) is 4.97. The molecule has 1 saturated carbocycles. The predicted molar refractivity (Wildman–Crippen MR) is 72.9 cm³/mol. The smallest absolute Gasteiger partial charge is 0.310 e. The summed E-state index contributed by atoms with van der Waals surface area (Å²) in [7, 11) is -3.60. The van der Waals surface area contributed by atoms with E-state index in [0.717, 1.165) is 12.8 Å². The van der Waals surface area contributed by atoms with E-state index in [1.54, 1.807) is 0 Å². The minimum Gasteiger partial charge on any atom is -0.481 e. The van der Waals surface area contributed by atoms with Crippen molar-refractivity contribution in [2.45, 2.75) is 46.6 Å². The summed E-state index contributed by atoms with van der Waals surface area (Å²) in [6, 6.07) is 0.0209. The molecule has 6 nitrogen and oxygen atoms in total. The second kappa shape index (κ2) is 5.76. The normalized spacial score (nSPS) is 17.2. The van der Waals surface area contributed by atoms with Crippen LogP contribution in [0, 0.1) is 11.3 Å². The number of carboxylic acids is 1. The highest BCUT2D eigenvalue weighted by molar-refractivity contribution is 7.87. The minimum absolute atomic E-state index is 0.0209. The molecule has 1 fully saturated rings. The fraction of sp³-hybridized carbons (Fsp3) is 0.917. The van der Waals surface area contributed by atoms with Gasteiger partial charge in [-0.15, -0.1) is 0 Å². The van der Waals surface area contributed by atoms with Gasteiger partial charge in [0.15, 0.2) is 0 Å². The monoisotopic (exact) mass is 292 g/mol. The van der Waals surface area contributed by atoms with Gasteiger partial charge in [0, 0.05) is 19.1 Å². The molecule has 0 bridgehead atoms. The van der Waals surface area contributed by atoms with Crippen molar-refractivity contribution in [1.29, 1.82) is 0 Å². The van der Waals surface area contributed by atoms with Crippen LogP contribution in [0.15, 0.2) is 0 Å². The zero-order chi connectivity index (χ0) is 14.8. The molecule has 0 unspecified atom stereocenters. The average molecular weight is 292 g/mol. The van der Waals surface area contributed by atoms with Crippen molar-refractivity contribution < 1.29 is 18.3 Å². The number of hydrogen-bond donors (Lipinski definition) is 2. The molecule has 0 aromatic carbocycles. The highest BCUT2D eigenvalue weighted by atomic mass is 32.2. The van der Waals surface area contributed by atoms with E-state index in [1.165, 1.54) is 18.2 Å². The van der Waals surface area contributed by atoms with Gasteiger partial charge in [-0.05, 0) is 32.6 Å². The third-order valence-electron chi connectivity index (χ3n) is 2.95. The molecule has 0 spiro atoms. The summed E-state index contributed by atoms with van der Waals surface area (Å²) in [5.74, 6) is -0.858. The summed E-state index contributed by atoms with van der Waals surface area (Å²) in [5, 5.41) is 9.14. The molecule has 19 heavy (non-hydrogen) atoms. The van der Waals surface area contributed by atoms with Crippen LogP contribution in [0.4, 0.5) is 0 Å². The average Bonchev–Trinajstić information content (AvgIpc) is 2.98. The first-order valence-electron chi connectivity index (χ1n) is 6.55. The van der Waals surface area contributed by atoms with Crippen LogP contribution in [-0.2, 0) is 15.0 Å². The molecule has 0 amide bonds. The van der Waals surface area contributed by atoms with Gasteiger partial charge in [0.2, 0.25) is 0 Å². The van der Waals surface area contributed by atoms with E-state index in [4.69, 9.17) is 5.11 Å². The highest BCUT2D eigenvalue weighted by Gasteiger charge is 2.37. The lowest BCUT2D eigenvalue weighted by atomic mass is 9.94. The maximum atomic E-state index is 12.2. The standard InChI is InChI=1S/C12H24N2O4S/c1-9(2)7-14(8-12(3,4)11(15)16)19(17,18)13-10-5-6-10/h9-10,13H,5-8H2,1-4H3,(H,15,16). The lowest BCUT2D eigenvalue weighted by Gasteiger charge is -2.30. The summed E-state index contributed by atoms with van der Waals surface area (Å²) in [4.78, 5) is 11.2. The van der Waals surface area contributed by atoms with E-state index < -0.39 is 21.6 Å². The zero-order valence-corrected chi connectivity index (χ0v) is 12.8. The fourth-order valence-corrected chi connectivity index (χ4v) is 3.44. The largest absolute Gasteiger partial charge is 0.481 e. The maximum Gasteiger partial charge on any atom is 0.310 e. The van der Waals surface area contributed by atoms with Crippen LogP contribution in [0.5, 0.6) is 0 Å². The van der Waals surface area contributed by atoms with Crippen LogP contribution in [-0.4, -0.2) is 42.9 Å². The molecule has 7 heteroatoms. The Hall–Kier alpha value is -0.660. The summed E-state index contributed by atoms with van der Waals surface area (Å²) in [6.07, 6.45) is 1.72. The van der Waals surface area contributed by atoms with E-state index >= 15 is 0 Å². The second-order valence-corrected chi connectivity index (χ2v) is 7.97. The van der Waals surface area contributed by atoms with Gasteiger partial charge in [-0.3, -0.25) is 4.79 Å². The Bertz CT molecular complexity index is 427. The SMILES string of the molecule is CC(C)CN(CC(C)(C)C(=O)O)S(=O)(=O)NC1CC1. The number of carboxylic acid groups (broad SMARTS) is 1. The second-order valence-electron chi connectivity index (χ2n) is 6.27. The van der Waals surface area contributed by atoms with Crippen molar-refractivity contribution in [2.75, 3.05) is 13.1 Å². The van der Waals surface area contributed by atoms with Gasteiger partial charge in [-0.1, -0.05) is 13.8 Å². The molecule has 0 heterocycles. The van der Waals surface area contributed by atoms with Crippen molar-refractivity contribution in [1.82, 2.24) is 9.03 Å². The van der Waals surface area contributed by atoms with Crippen LogP contribution < -0.4 is 4.72 Å². The number of aliphatic carboxylic acids is 1. The zero-order valence-electron chi connectivity index (χ0n) is 12.0. The lowest BCUT2D eigenvalue weighted by molar-refractivity contribution is -0.147. The first kappa shape index (κ1) is 16.4. The number of hydrogen-bond acceptors (Lipinski definition) is 3. The molecule has 0 saturated heterocycles. The quantitative estimate of drug-likeness (QED) is 0.700. The molecule has 1 aliphatic carbocycles. The Morgan fingerprint density at radius 3 is 2.32 bits per heavy atom. The van der Waals surface area contributed by atoms with Gasteiger partial charge in [0.25, 0.3) is 10.2 Å². The molecule has 2 N–H and O–H groups in total. The van der Waals surface area contributed by atoms with E-state index in [9.17, 15) is 13.2 Å². The summed E-state index contributed by atoms with van der Waals surface area (Å²) >= 11 is 0. The van der Waals surface area contributed by atoms with Gasteiger partial charge in [0.1, 0.15) is 0 Å². The molecule has 112 valence electrons. The molecule has 1 aliphatic rings. The van der Waals surface area contributed by atoms with Gasteiger partial charge in [-0.2, -0.15) is 17.4 Å². The Morgan fingerprint density at radius 1 is 1.42 bits per heavy atom. The lowest BCUT2D eigenvalue weighted by Crippen LogP contribution is -2.49. The topological polar surface area (TPSA) is 86.7 Å². The molecule has 0 aromatic heterocycles. The van der Waals surface area contributed by atoms with Crippen molar-refractivity contribution >= 4 is 16.2 Å².